The van der Waals surface area contributed by atoms with Crippen molar-refractivity contribution < 1.29 is 4.90 Å². The molecular formula is C3H10BN. The van der Waals surface area contributed by atoms with E-state index in [9.17, 15) is 0 Å². The van der Waals surface area contributed by atoms with Crippen molar-refractivity contribution in [2.24, 2.45) is 0 Å². The van der Waals surface area contributed by atoms with Crippen LogP contribution in [0.5, 0.6) is 0 Å². The van der Waals surface area contributed by atoms with E-state index < -0.39 is 0 Å². The van der Waals surface area contributed by atoms with Crippen LogP contribution in [-0.2, 0) is 0 Å². The van der Waals surface area contributed by atoms with Crippen LogP contribution >= 0.6 is 0 Å². The smallest absolute Gasteiger partial charge is 0.0661 e. The molecule has 5 heavy (non-hydrogen) atoms. The first kappa shape index (κ1) is 8.90. The lowest BCUT2D eigenvalue weighted by Gasteiger charge is -1.88. The maximum absolute atomic E-state index is 2.08. The Bertz CT molecular complexity index is 11.6. The zero-order chi connectivity index (χ0) is 3.58. The van der Waals surface area contributed by atoms with Gasteiger partial charge >= 0.3 is 0 Å². The quantitative estimate of drug-likeness (QED) is 0.327. The monoisotopic (exact) mass is 71.1 g/mol. The van der Waals surface area contributed by atoms with Gasteiger partial charge in [0.05, 0.1) is 21.1 Å². The van der Waals surface area contributed by atoms with E-state index in [1.165, 1.54) is 4.90 Å². The number of hydrogen-bond acceptors (Lipinski definition) is 0. The minimum Gasteiger partial charge on any atom is -1.00 e. The second kappa shape index (κ2) is 4.02. The maximum atomic E-state index is 2.08. The summed E-state index contributed by atoms with van der Waals surface area (Å²) in [6.07, 6.45) is 0. The van der Waals surface area contributed by atoms with E-state index in [0.29, 0.717) is 0 Å². The van der Waals surface area contributed by atoms with Crippen LogP contribution in [0.2, 0.25) is 0 Å². The molecule has 30 valence electrons. The van der Waals surface area contributed by atoms with Gasteiger partial charge < -0.3 is 13.3 Å². The van der Waals surface area contributed by atoms with Crippen LogP contribution in [0.25, 0.3) is 0 Å². The molecule has 0 unspecified atom stereocenters. The highest BCUT2D eigenvalue weighted by Gasteiger charge is 1.61. The summed E-state index contributed by atoms with van der Waals surface area (Å²) in [5.41, 5.74) is 0. The molecule has 2 heteroatoms. The molecule has 0 aromatic rings. The summed E-state index contributed by atoms with van der Waals surface area (Å²) in [5.74, 6) is 0. The van der Waals surface area contributed by atoms with Crippen molar-refractivity contribution in [3.63, 3.8) is 0 Å². The van der Waals surface area contributed by atoms with E-state index in [0.717, 1.165) is 0 Å². The van der Waals surface area contributed by atoms with Gasteiger partial charge in [0.25, 0.3) is 0 Å². The molecule has 0 aromatic carbocycles. The molecule has 0 aromatic heterocycles. The van der Waals surface area contributed by atoms with Gasteiger partial charge in [-0.25, -0.2) is 0 Å². The third kappa shape index (κ3) is 26500. The molecule has 0 bridgehead atoms. The summed E-state index contributed by atoms with van der Waals surface area (Å²) >= 11 is 0. The predicted octanol–water partition coefficient (Wildman–Crippen LogP) is -1.62. The van der Waals surface area contributed by atoms with Crippen LogP contribution in [-0.4, -0.2) is 29.6 Å². The minimum absolute atomic E-state index is 0. The van der Waals surface area contributed by atoms with E-state index in [4.69, 9.17) is 0 Å². The largest absolute Gasteiger partial charge is 1.00 e. The summed E-state index contributed by atoms with van der Waals surface area (Å²) in [6.45, 7) is 0. The fraction of sp³-hybridized carbons (Fsp3) is 1.00. The molecular weight excluding hydrogens is 60.9 g/mol. The Balaban J connectivity index is 0. The number of rotatable bonds is 0. The third-order valence-corrected chi connectivity index (χ3v) is 0. The molecule has 4 radical (unpaired) electrons. The van der Waals surface area contributed by atoms with Crippen molar-refractivity contribution >= 4 is 8.41 Å². The van der Waals surface area contributed by atoms with Crippen molar-refractivity contribution in [3.05, 3.63) is 0 Å². The van der Waals surface area contributed by atoms with Crippen LogP contribution in [0.4, 0.5) is 0 Å². The number of hydrogen-bond donors (Lipinski definition) is 1. The molecule has 0 aliphatic rings. The van der Waals surface area contributed by atoms with Crippen molar-refractivity contribution in [2.75, 3.05) is 21.1 Å². The van der Waals surface area contributed by atoms with E-state index in [2.05, 4.69) is 21.1 Å². The Labute approximate surface area is 35.6 Å². The van der Waals surface area contributed by atoms with Crippen molar-refractivity contribution in [1.29, 1.82) is 0 Å². The number of nitrogens with one attached hydrogen (secondary N) is 1. The fourth-order valence-electron chi connectivity index (χ4n) is 0. The highest BCUT2D eigenvalue weighted by atomic mass is 15.0. The maximum Gasteiger partial charge on any atom is 0.0661 e. The van der Waals surface area contributed by atoms with Gasteiger partial charge in [0.1, 0.15) is 0 Å². The first-order chi connectivity index (χ1) is 1.73. The van der Waals surface area contributed by atoms with E-state index >= 15 is 0 Å². The molecule has 0 atom stereocenters. The fourth-order valence-corrected chi connectivity index (χ4v) is 0. The summed E-state index contributed by atoms with van der Waals surface area (Å²) in [5, 5.41) is 0. The Hall–Kier alpha value is 0.0249. The SMILES string of the molecule is C[NH+](C)C.[B-]. The molecule has 0 saturated heterocycles. The first-order valence-corrected chi connectivity index (χ1v) is 1.50. The zero-order valence-electron chi connectivity index (χ0n) is 4.08. The Morgan fingerprint density at radius 1 is 1.00 bits per heavy atom. The van der Waals surface area contributed by atoms with Crippen molar-refractivity contribution in [1.82, 2.24) is 0 Å². The molecule has 1 nitrogen and oxygen atoms in total. The molecule has 0 heterocycles. The molecule has 0 aliphatic carbocycles. The topological polar surface area (TPSA) is 4.44 Å². The first-order valence-electron chi connectivity index (χ1n) is 1.50. The van der Waals surface area contributed by atoms with Crippen LogP contribution in [0.15, 0.2) is 0 Å². The Kier molecular flexibility index (Phi) is 7.16. The van der Waals surface area contributed by atoms with Crippen LogP contribution < -0.4 is 4.90 Å². The minimum atomic E-state index is 0. The normalized spacial score (nSPS) is 7.20. The highest BCUT2D eigenvalue weighted by Crippen LogP contribution is 0.864. The zero-order valence-corrected chi connectivity index (χ0v) is 4.08. The van der Waals surface area contributed by atoms with Crippen LogP contribution in [0.3, 0.4) is 0 Å². The number of quaternary nitrogens is 1. The van der Waals surface area contributed by atoms with Gasteiger partial charge in [0.15, 0.2) is 0 Å². The summed E-state index contributed by atoms with van der Waals surface area (Å²) in [4.78, 5) is 1.42. The lowest BCUT2D eigenvalue weighted by molar-refractivity contribution is -0.836. The van der Waals surface area contributed by atoms with Gasteiger partial charge in [-0.15, -0.1) is 0 Å². The Morgan fingerprint density at radius 2 is 1.00 bits per heavy atom. The summed E-state index contributed by atoms with van der Waals surface area (Å²) in [6, 6.07) is 0. The average molecular weight is 70.9 g/mol. The van der Waals surface area contributed by atoms with Gasteiger partial charge in [0, 0.05) is 0 Å². The molecule has 1 N–H and O–H groups in total. The predicted molar refractivity (Wildman–Crippen MR) is 24.5 cm³/mol. The highest BCUT2D eigenvalue weighted by molar-refractivity contribution is 5.75. The van der Waals surface area contributed by atoms with Gasteiger partial charge in [-0.05, 0) is 0 Å². The second-order valence-electron chi connectivity index (χ2n) is 1.50. The van der Waals surface area contributed by atoms with Gasteiger partial charge in [-0.1, -0.05) is 0 Å². The molecule has 0 fully saturated rings. The van der Waals surface area contributed by atoms with E-state index in [1.54, 1.807) is 0 Å². The van der Waals surface area contributed by atoms with E-state index in [1.807, 2.05) is 0 Å². The second-order valence-corrected chi connectivity index (χ2v) is 1.50. The van der Waals surface area contributed by atoms with E-state index in [-0.39, 0.29) is 8.41 Å². The molecule has 0 aliphatic heterocycles. The average Bonchev–Trinajstić information content (AvgIpc) is 0.811. The molecule has 0 rings (SSSR count). The van der Waals surface area contributed by atoms with Gasteiger partial charge in [0.2, 0.25) is 0 Å². The summed E-state index contributed by atoms with van der Waals surface area (Å²) in [7, 11) is 6.25. The van der Waals surface area contributed by atoms with Crippen molar-refractivity contribution in [3.8, 4) is 0 Å². The Morgan fingerprint density at radius 3 is 1.00 bits per heavy atom. The van der Waals surface area contributed by atoms with Crippen molar-refractivity contribution in [2.45, 2.75) is 0 Å². The molecule has 0 saturated carbocycles. The van der Waals surface area contributed by atoms with Gasteiger partial charge in [-0.3, -0.25) is 0 Å². The third-order valence-electron chi connectivity index (χ3n) is 0. The molecule has 0 spiro atoms. The van der Waals surface area contributed by atoms with Crippen LogP contribution in [0.1, 0.15) is 0 Å². The standard InChI is InChI=1S/C3H9N.B/c1-4(2)3;/h1-3H3;/q;-1/p+1. The molecule has 0 amide bonds. The lowest BCUT2D eigenvalue weighted by atomic mass is 10.8. The summed E-state index contributed by atoms with van der Waals surface area (Å²) < 4.78 is 0. The lowest BCUT2D eigenvalue weighted by Crippen LogP contribution is -3.02. The van der Waals surface area contributed by atoms with Crippen LogP contribution in [0, 0.1) is 0 Å². The van der Waals surface area contributed by atoms with Gasteiger partial charge in [-0.2, -0.15) is 0 Å².